The van der Waals surface area contributed by atoms with Gasteiger partial charge >= 0.3 is 51.4 Å². The van der Waals surface area contributed by atoms with Gasteiger partial charge in [0.05, 0.1) is 13.3 Å². The zero-order valence-corrected chi connectivity index (χ0v) is 20.1. The van der Waals surface area contributed by atoms with E-state index in [-0.39, 0.29) is 73.8 Å². The number of nitrogens with zero attached hydrogens (tertiary/aromatic N) is 3. The normalized spacial score (nSPS) is 14.5. The van der Waals surface area contributed by atoms with Crippen LogP contribution in [0.5, 0.6) is 5.75 Å². The SMILES string of the molecule is COc1cc(/C=N/N(CC(C)C)C2=NS(=O)(=O)c3c[c-]ccc32)ccc1F.[K+]. The fourth-order valence-corrected chi connectivity index (χ4v) is 3.81. The van der Waals surface area contributed by atoms with Crippen molar-refractivity contribution in [3.8, 4) is 5.75 Å². The Bertz CT molecular complexity index is 1020. The smallest absolute Gasteiger partial charge is 0.494 e. The van der Waals surface area contributed by atoms with E-state index in [2.05, 4.69) is 15.6 Å². The second-order valence-electron chi connectivity index (χ2n) is 6.43. The van der Waals surface area contributed by atoms with Gasteiger partial charge in [-0.2, -0.15) is 33.8 Å². The predicted octanol–water partition coefficient (Wildman–Crippen LogP) is 0.0795. The molecule has 0 spiro atoms. The molecule has 0 aliphatic carbocycles. The zero-order chi connectivity index (χ0) is 19.6. The van der Waals surface area contributed by atoms with E-state index < -0.39 is 15.8 Å². The van der Waals surface area contributed by atoms with Crippen molar-refractivity contribution in [1.29, 1.82) is 0 Å². The first-order chi connectivity index (χ1) is 12.8. The Kier molecular flexibility index (Phi) is 7.94. The maximum Gasteiger partial charge on any atom is 1.00 e. The largest absolute Gasteiger partial charge is 1.00 e. The Morgan fingerprint density at radius 2 is 2.11 bits per heavy atom. The molecule has 9 heteroatoms. The summed E-state index contributed by atoms with van der Waals surface area (Å²) in [6.07, 6.45) is 1.52. The molecule has 0 bridgehead atoms. The maximum absolute atomic E-state index is 13.6. The van der Waals surface area contributed by atoms with Crippen LogP contribution in [0, 0.1) is 17.8 Å². The predicted molar refractivity (Wildman–Crippen MR) is 101 cm³/mol. The molecule has 0 N–H and O–H groups in total. The van der Waals surface area contributed by atoms with Gasteiger partial charge in [-0.15, -0.1) is 0 Å². The molecule has 2 aromatic carbocycles. The fourth-order valence-electron chi connectivity index (χ4n) is 2.64. The number of ether oxygens (including phenoxy) is 1. The monoisotopic (exact) mass is 427 g/mol. The van der Waals surface area contributed by atoms with Crippen molar-refractivity contribution >= 4 is 22.1 Å². The number of hydrazone groups is 1. The topological polar surface area (TPSA) is 71.3 Å². The zero-order valence-electron chi connectivity index (χ0n) is 16.2. The third kappa shape index (κ3) is 5.08. The summed E-state index contributed by atoms with van der Waals surface area (Å²) in [5.41, 5.74) is 1.10. The molecule has 1 aliphatic heterocycles. The van der Waals surface area contributed by atoms with Gasteiger partial charge < -0.3 is 4.74 Å². The van der Waals surface area contributed by atoms with E-state index in [4.69, 9.17) is 4.74 Å². The molecule has 3 rings (SSSR count). The first kappa shape index (κ1) is 23.2. The second kappa shape index (κ2) is 9.60. The Labute approximate surface area is 207 Å². The third-order valence-corrected chi connectivity index (χ3v) is 5.16. The van der Waals surface area contributed by atoms with Gasteiger partial charge in [0.15, 0.2) is 11.6 Å². The number of fused-ring (bicyclic) bond motifs is 1. The summed E-state index contributed by atoms with van der Waals surface area (Å²) in [5.74, 6) is 0.105. The summed E-state index contributed by atoms with van der Waals surface area (Å²) in [6, 6.07) is 11.8. The molecule has 1 heterocycles. The summed E-state index contributed by atoms with van der Waals surface area (Å²) in [5, 5.41) is 5.96. The standard InChI is InChI=1S/C19H19FN3O3S.K/c1-13(2)12-23(21-11-14-8-9-16(20)17(10-14)26-3)19-15-6-4-5-7-18(15)27(24,25)22-19;/h4,6-11,13H,12H2,1-3H3;/q-1;+1/b21-11+;. The van der Waals surface area contributed by atoms with E-state index in [0.29, 0.717) is 17.7 Å². The van der Waals surface area contributed by atoms with Gasteiger partial charge in [0.2, 0.25) is 10.0 Å². The summed E-state index contributed by atoms with van der Waals surface area (Å²) >= 11 is 0. The Morgan fingerprint density at radius 3 is 2.79 bits per heavy atom. The van der Waals surface area contributed by atoms with E-state index >= 15 is 0 Å². The molecule has 0 radical (unpaired) electrons. The number of sulfonamides is 1. The summed E-state index contributed by atoms with van der Waals surface area (Å²) in [7, 11) is -2.38. The molecule has 0 unspecified atom stereocenters. The van der Waals surface area contributed by atoms with Crippen LogP contribution in [0.4, 0.5) is 4.39 Å². The molecular weight excluding hydrogens is 408 g/mol. The van der Waals surface area contributed by atoms with E-state index in [1.54, 1.807) is 23.2 Å². The number of halogens is 1. The van der Waals surface area contributed by atoms with Crippen LogP contribution in [0.15, 0.2) is 50.8 Å². The molecule has 0 fully saturated rings. The Morgan fingerprint density at radius 1 is 1.36 bits per heavy atom. The van der Waals surface area contributed by atoms with E-state index in [1.807, 2.05) is 13.8 Å². The summed E-state index contributed by atoms with van der Waals surface area (Å²) in [6.45, 7) is 4.45. The number of amidine groups is 1. The number of rotatable bonds is 5. The maximum atomic E-state index is 13.6. The van der Waals surface area contributed by atoms with Crippen molar-refractivity contribution in [1.82, 2.24) is 5.01 Å². The van der Waals surface area contributed by atoms with Gasteiger partial charge in [0, 0.05) is 6.54 Å². The van der Waals surface area contributed by atoms with Gasteiger partial charge in [0.1, 0.15) is 5.84 Å². The second-order valence-corrected chi connectivity index (χ2v) is 8.00. The molecule has 0 aromatic heterocycles. The molecule has 0 atom stereocenters. The number of hydrogen-bond acceptors (Lipinski definition) is 5. The van der Waals surface area contributed by atoms with Crippen molar-refractivity contribution in [2.75, 3.05) is 13.7 Å². The van der Waals surface area contributed by atoms with Gasteiger partial charge in [-0.05, 0) is 28.5 Å². The minimum atomic E-state index is -3.76. The van der Waals surface area contributed by atoms with Crippen LogP contribution >= 0.6 is 0 Å². The van der Waals surface area contributed by atoms with Crippen LogP contribution in [0.2, 0.25) is 0 Å². The minimum Gasteiger partial charge on any atom is -0.494 e. The van der Waals surface area contributed by atoms with Crippen molar-refractivity contribution in [2.24, 2.45) is 15.4 Å². The van der Waals surface area contributed by atoms with E-state index in [0.717, 1.165) is 0 Å². The number of hydrogen-bond donors (Lipinski definition) is 0. The molecule has 28 heavy (non-hydrogen) atoms. The van der Waals surface area contributed by atoms with E-state index in [9.17, 15) is 12.8 Å². The molecule has 2 aromatic rings. The first-order valence-corrected chi connectivity index (χ1v) is 9.76. The van der Waals surface area contributed by atoms with Crippen LogP contribution in [-0.2, 0) is 10.0 Å². The average molecular weight is 428 g/mol. The molecule has 0 saturated heterocycles. The summed E-state index contributed by atoms with van der Waals surface area (Å²) in [4.78, 5) is 0.118. The number of methoxy groups -OCH3 is 1. The van der Waals surface area contributed by atoms with Crippen molar-refractivity contribution in [2.45, 2.75) is 18.7 Å². The molecular formula is C19H19FKN3O3S. The quantitative estimate of drug-likeness (QED) is 0.293. The molecule has 0 amide bonds. The fraction of sp³-hybridized carbons (Fsp3) is 0.263. The molecule has 0 saturated carbocycles. The Balaban J connectivity index is 0.00000280. The van der Waals surface area contributed by atoms with Gasteiger partial charge in [-0.3, -0.25) is 0 Å². The van der Waals surface area contributed by atoms with Crippen molar-refractivity contribution in [3.63, 3.8) is 0 Å². The van der Waals surface area contributed by atoms with E-state index in [1.165, 1.54) is 31.5 Å². The van der Waals surface area contributed by atoms with Crippen molar-refractivity contribution < 1.29 is 68.9 Å². The van der Waals surface area contributed by atoms with Crippen LogP contribution < -0.4 is 56.1 Å². The Hall–Kier alpha value is -1.10. The van der Waals surface area contributed by atoms with Gasteiger partial charge in [-0.1, -0.05) is 25.5 Å². The average Bonchev–Trinajstić information content (AvgIpc) is 2.91. The van der Waals surface area contributed by atoms with Crippen LogP contribution in [0.3, 0.4) is 0 Å². The van der Waals surface area contributed by atoms with Gasteiger partial charge in [-0.25, -0.2) is 17.8 Å². The molecule has 1 aliphatic rings. The van der Waals surface area contributed by atoms with Crippen LogP contribution in [-0.4, -0.2) is 39.1 Å². The van der Waals surface area contributed by atoms with Crippen LogP contribution in [0.25, 0.3) is 0 Å². The van der Waals surface area contributed by atoms with Crippen LogP contribution in [0.1, 0.15) is 25.0 Å². The number of benzene rings is 2. The minimum absolute atomic E-state index is 0. The van der Waals surface area contributed by atoms with Gasteiger partial charge in [0.25, 0.3) is 0 Å². The summed E-state index contributed by atoms with van der Waals surface area (Å²) < 4.78 is 47.0. The molecule has 6 nitrogen and oxygen atoms in total. The third-order valence-electron chi connectivity index (χ3n) is 3.86. The van der Waals surface area contributed by atoms with Crippen molar-refractivity contribution in [3.05, 3.63) is 59.4 Å². The first-order valence-electron chi connectivity index (χ1n) is 8.32. The molecule has 142 valence electrons.